The maximum atomic E-state index is 7.28. The summed E-state index contributed by atoms with van der Waals surface area (Å²) in [4.78, 5) is 5.12. The Balaban J connectivity index is 2.13. The molecule has 0 aliphatic heterocycles. The van der Waals surface area contributed by atoms with E-state index in [4.69, 9.17) is 6.57 Å². The van der Waals surface area contributed by atoms with Gasteiger partial charge in [-0.25, -0.2) is 6.57 Å². The van der Waals surface area contributed by atoms with E-state index in [1.165, 1.54) is 16.9 Å². The van der Waals surface area contributed by atoms with Crippen LogP contribution in [0.4, 0.5) is 0 Å². The first-order valence-electron chi connectivity index (χ1n) is 5.30. The second kappa shape index (κ2) is 4.28. The zero-order valence-electron chi connectivity index (χ0n) is 8.99. The molecule has 0 spiro atoms. The van der Waals surface area contributed by atoms with Gasteiger partial charge in [0.05, 0.1) is 6.42 Å². The van der Waals surface area contributed by atoms with Gasteiger partial charge in [-0.15, -0.1) is 11.8 Å². The van der Waals surface area contributed by atoms with Crippen molar-refractivity contribution in [1.29, 1.82) is 0 Å². The molecule has 0 radical (unpaired) electrons. The minimum Gasteiger partial charge on any atom is -0.310 e. The van der Waals surface area contributed by atoms with Crippen LogP contribution in [0.5, 0.6) is 0 Å². The lowest BCUT2D eigenvalue weighted by atomic mass is 9.73. The number of rotatable bonds is 3. The quantitative estimate of drug-likeness (QED) is 0.550. The van der Waals surface area contributed by atoms with Gasteiger partial charge in [-0.2, -0.15) is 0 Å². The molecule has 2 rings (SSSR count). The number of nitrogens with zero attached hydrogens (tertiary/aromatic N) is 1. The monoisotopic (exact) mass is 217 g/mol. The standard InChI is InChI=1S/C13H15NS/c1-14-13(7-4-8-13)10-11-5-3-6-12(9-11)15-2/h3,5-6,9H,4,7-8,10H2,2H3. The molecule has 1 saturated carbocycles. The van der Waals surface area contributed by atoms with E-state index in [-0.39, 0.29) is 5.54 Å². The number of benzene rings is 1. The number of hydrogen-bond acceptors (Lipinski definition) is 1. The van der Waals surface area contributed by atoms with Gasteiger partial charge < -0.3 is 4.85 Å². The molecule has 0 amide bonds. The third-order valence-corrected chi connectivity index (χ3v) is 3.91. The fourth-order valence-electron chi connectivity index (χ4n) is 2.08. The molecule has 0 atom stereocenters. The van der Waals surface area contributed by atoms with Gasteiger partial charge in [0.1, 0.15) is 0 Å². The Morgan fingerprint density at radius 3 is 2.80 bits per heavy atom. The topological polar surface area (TPSA) is 4.36 Å². The second-order valence-electron chi connectivity index (χ2n) is 4.22. The summed E-state index contributed by atoms with van der Waals surface area (Å²) >= 11 is 1.76. The van der Waals surface area contributed by atoms with E-state index in [0.717, 1.165) is 19.3 Å². The first-order valence-corrected chi connectivity index (χ1v) is 6.52. The molecule has 0 aromatic heterocycles. The maximum absolute atomic E-state index is 7.28. The zero-order valence-corrected chi connectivity index (χ0v) is 9.81. The molecule has 1 aromatic carbocycles. The fourth-order valence-corrected chi connectivity index (χ4v) is 2.56. The smallest absolute Gasteiger partial charge is 0.236 e. The van der Waals surface area contributed by atoms with Crippen LogP contribution in [0.25, 0.3) is 4.85 Å². The zero-order chi connectivity index (χ0) is 10.7. The Kier molecular flexibility index (Phi) is 3.02. The largest absolute Gasteiger partial charge is 0.310 e. The summed E-state index contributed by atoms with van der Waals surface area (Å²) < 4.78 is 0. The molecule has 78 valence electrons. The number of hydrogen-bond donors (Lipinski definition) is 0. The van der Waals surface area contributed by atoms with E-state index < -0.39 is 0 Å². The summed E-state index contributed by atoms with van der Waals surface area (Å²) in [6.45, 7) is 7.28. The minimum atomic E-state index is -0.0585. The van der Waals surface area contributed by atoms with Crippen LogP contribution in [0, 0.1) is 6.57 Å². The van der Waals surface area contributed by atoms with Crippen molar-refractivity contribution in [3.8, 4) is 0 Å². The molecule has 1 nitrogen and oxygen atoms in total. The first-order chi connectivity index (χ1) is 7.28. The van der Waals surface area contributed by atoms with E-state index >= 15 is 0 Å². The molecule has 1 fully saturated rings. The van der Waals surface area contributed by atoms with Crippen LogP contribution in [-0.2, 0) is 6.42 Å². The lowest BCUT2D eigenvalue weighted by Gasteiger charge is -2.30. The highest BCUT2D eigenvalue weighted by Gasteiger charge is 2.43. The molecule has 0 heterocycles. The molecule has 0 N–H and O–H groups in total. The predicted octanol–water partition coefficient (Wildman–Crippen LogP) is 3.79. The summed E-state index contributed by atoms with van der Waals surface area (Å²) in [5, 5.41) is 0. The molecule has 0 bridgehead atoms. The molecule has 1 aliphatic rings. The van der Waals surface area contributed by atoms with E-state index in [1.54, 1.807) is 11.8 Å². The van der Waals surface area contributed by atoms with E-state index in [1.807, 2.05) is 0 Å². The van der Waals surface area contributed by atoms with Crippen molar-refractivity contribution in [2.75, 3.05) is 6.26 Å². The molecule has 0 saturated heterocycles. The maximum Gasteiger partial charge on any atom is 0.236 e. The molecule has 0 unspecified atom stereocenters. The predicted molar refractivity (Wildman–Crippen MR) is 65.1 cm³/mol. The summed E-state index contributed by atoms with van der Waals surface area (Å²) in [6, 6.07) is 8.58. The van der Waals surface area contributed by atoms with Crippen molar-refractivity contribution in [3.63, 3.8) is 0 Å². The lowest BCUT2D eigenvalue weighted by Crippen LogP contribution is -2.35. The van der Waals surface area contributed by atoms with Gasteiger partial charge in [0.15, 0.2) is 0 Å². The fraction of sp³-hybridized carbons (Fsp3) is 0.462. The highest BCUT2D eigenvalue weighted by Crippen LogP contribution is 2.39. The average Bonchev–Trinajstić information content (AvgIpc) is 2.24. The Bertz CT molecular complexity index is 388. The van der Waals surface area contributed by atoms with Gasteiger partial charge in [-0.3, -0.25) is 0 Å². The van der Waals surface area contributed by atoms with Gasteiger partial charge in [0, 0.05) is 17.7 Å². The van der Waals surface area contributed by atoms with Crippen LogP contribution in [0.3, 0.4) is 0 Å². The van der Waals surface area contributed by atoms with Gasteiger partial charge in [-0.1, -0.05) is 12.1 Å². The van der Waals surface area contributed by atoms with Crippen LogP contribution in [0.1, 0.15) is 24.8 Å². The van der Waals surface area contributed by atoms with Crippen molar-refractivity contribution in [1.82, 2.24) is 0 Å². The summed E-state index contributed by atoms with van der Waals surface area (Å²) in [5.41, 5.74) is 1.26. The number of thioether (sulfide) groups is 1. The van der Waals surface area contributed by atoms with Crippen molar-refractivity contribution in [2.24, 2.45) is 0 Å². The van der Waals surface area contributed by atoms with Crippen LogP contribution in [0.15, 0.2) is 29.2 Å². The summed E-state index contributed by atoms with van der Waals surface area (Å²) in [6.07, 6.45) is 6.42. The van der Waals surface area contributed by atoms with Gasteiger partial charge in [0.2, 0.25) is 5.54 Å². The van der Waals surface area contributed by atoms with Crippen LogP contribution in [0.2, 0.25) is 0 Å². The Hall–Kier alpha value is -0.940. The third-order valence-electron chi connectivity index (χ3n) is 3.19. The Morgan fingerprint density at radius 1 is 1.47 bits per heavy atom. The van der Waals surface area contributed by atoms with Crippen LogP contribution < -0.4 is 0 Å². The van der Waals surface area contributed by atoms with Gasteiger partial charge in [0.25, 0.3) is 0 Å². The molecular formula is C13H15NS. The summed E-state index contributed by atoms with van der Waals surface area (Å²) in [7, 11) is 0. The molecule has 1 aliphatic carbocycles. The first kappa shape index (κ1) is 10.6. The highest BCUT2D eigenvalue weighted by atomic mass is 32.2. The van der Waals surface area contributed by atoms with Crippen molar-refractivity contribution < 1.29 is 0 Å². The van der Waals surface area contributed by atoms with E-state index in [0.29, 0.717) is 0 Å². The normalized spacial score (nSPS) is 17.9. The van der Waals surface area contributed by atoms with Gasteiger partial charge >= 0.3 is 0 Å². The van der Waals surface area contributed by atoms with E-state index in [9.17, 15) is 0 Å². The van der Waals surface area contributed by atoms with Crippen LogP contribution >= 0.6 is 11.8 Å². The van der Waals surface area contributed by atoms with Crippen molar-refractivity contribution in [2.45, 2.75) is 36.1 Å². The summed E-state index contributed by atoms with van der Waals surface area (Å²) in [5.74, 6) is 0. The third kappa shape index (κ3) is 2.18. The second-order valence-corrected chi connectivity index (χ2v) is 5.10. The SMILES string of the molecule is [C-]#[N+]C1(Cc2cccc(SC)c2)CCC1. The molecular weight excluding hydrogens is 202 g/mol. The average molecular weight is 217 g/mol. The molecule has 15 heavy (non-hydrogen) atoms. The highest BCUT2D eigenvalue weighted by molar-refractivity contribution is 7.98. The van der Waals surface area contributed by atoms with Crippen molar-refractivity contribution in [3.05, 3.63) is 41.2 Å². The molecule has 2 heteroatoms. The van der Waals surface area contributed by atoms with Gasteiger partial charge in [-0.05, 0) is 30.4 Å². The molecule has 1 aromatic rings. The van der Waals surface area contributed by atoms with E-state index in [2.05, 4.69) is 35.4 Å². The minimum absolute atomic E-state index is 0.0585. The lowest BCUT2D eigenvalue weighted by molar-refractivity contribution is 0.301. The Labute approximate surface area is 95.7 Å². The Morgan fingerprint density at radius 2 is 2.27 bits per heavy atom. The van der Waals surface area contributed by atoms with Crippen LogP contribution in [-0.4, -0.2) is 11.8 Å². The van der Waals surface area contributed by atoms with Crippen molar-refractivity contribution >= 4 is 11.8 Å².